The van der Waals surface area contributed by atoms with Crippen molar-refractivity contribution in [3.8, 4) is 5.75 Å². The first-order valence-corrected chi connectivity index (χ1v) is 10.5. The van der Waals surface area contributed by atoms with E-state index in [9.17, 15) is 43.2 Å². The van der Waals surface area contributed by atoms with Gasteiger partial charge in [0.25, 0.3) is 10.0 Å². The van der Waals surface area contributed by atoms with Crippen molar-refractivity contribution in [3.63, 3.8) is 0 Å². The maximum atomic E-state index is 12.8. The number of alkyl halides is 6. The highest BCUT2D eigenvalue weighted by Crippen LogP contribution is 2.34. The topological polar surface area (TPSA) is 82.4 Å². The van der Waals surface area contributed by atoms with Crippen LogP contribution < -0.4 is 4.18 Å². The molecule has 0 fully saturated rings. The van der Waals surface area contributed by atoms with Gasteiger partial charge in [0, 0.05) is 11.6 Å². The number of nitrogens with zero attached hydrogens (tertiary/aromatic N) is 1. The zero-order chi connectivity index (χ0) is 22.5. The fourth-order valence-corrected chi connectivity index (χ4v) is 4.31. The average molecular weight is 473 g/mol. The Labute approximate surface area is 165 Å². The molecule has 0 N–H and O–H groups in total. The van der Waals surface area contributed by atoms with E-state index in [4.69, 9.17) is 0 Å². The molecule has 0 radical (unpaired) electrons. The van der Waals surface area contributed by atoms with Gasteiger partial charge in [-0.15, -0.1) is 0 Å². The lowest BCUT2D eigenvalue weighted by atomic mass is 10.2. The first-order chi connectivity index (χ1) is 13.6. The van der Waals surface area contributed by atoms with Gasteiger partial charge in [-0.2, -0.15) is 34.8 Å². The van der Waals surface area contributed by atoms with Gasteiger partial charge in [0.1, 0.15) is 0 Å². The summed E-state index contributed by atoms with van der Waals surface area (Å²) in [6.45, 7) is 0. The van der Waals surface area contributed by atoms with Crippen molar-refractivity contribution in [2.45, 2.75) is 16.6 Å². The summed E-state index contributed by atoms with van der Waals surface area (Å²) in [6, 6.07) is 6.66. The van der Waals surface area contributed by atoms with Crippen molar-refractivity contribution in [3.05, 3.63) is 60.3 Å². The van der Waals surface area contributed by atoms with Crippen LogP contribution in [0.15, 0.2) is 59.6 Å². The minimum absolute atomic E-state index is 0.246. The Hall–Kier alpha value is -2.74. The lowest BCUT2D eigenvalue weighted by Gasteiger charge is -2.12. The van der Waals surface area contributed by atoms with Crippen molar-refractivity contribution in [1.29, 1.82) is 0 Å². The predicted molar refractivity (Wildman–Crippen MR) is 91.6 cm³/mol. The van der Waals surface area contributed by atoms with Gasteiger partial charge in [-0.25, -0.2) is 12.4 Å². The third-order valence-corrected chi connectivity index (χ3v) is 6.55. The minimum Gasteiger partial charge on any atom is -0.375 e. The molecule has 0 saturated carbocycles. The summed E-state index contributed by atoms with van der Waals surface area (Å²) in [7, 11) is -10.5. The van der Waals surface area contributed by atoms with Crippen molar-refractivity contribution < 1.29 is 47.4 Å². The summed E-state index contributed by atoms with van der Waals surface area (Å²) in [5.41, 5.74) is -7.03. The van der Waals surface area contributed by atoms with Gasteiger partial charge in [-0.1, -0.05) is 6.07 Å². The van der Waals surface area contributed by atoms with E-state index in [0.717, 1.165) is 42.6 Å². The number of aromatic nitrogens is 1. The Morgan fingerprint density at radius 2 is 1.40 bits per heavy atom. The zero-order valence-electron chi connectivity index (χ0n) is 14.3. The standard InChI is InChI=1S/C16H9F6NO5S2/c17-15(18,19)10-4-6-11(7-5-10)29(24,25)23-9-8-12-13(23)2-1-3-14(12)28-30(26,27)16(20,21)22/h1-9H. The number of hydrogen-bond acceptors (Lipinski definition) is 5. The lowest BCUT2D eigenvalue weighted by Crippen LogP contribution is -2.28. The zero-order valence-corrected chi connectivity index (χ0v) is 15.9. The van der Waals surface area contributed by atoms with Crippen LogP contribution in [0.25, 0.3) is 10.9 Å². The molecule has 6 nitrogen and oxygen atoms in total. The third kappa shape index (κ3) is 3.84. The number of hydrogen-bond donors (Lipinski definition) is 0. The van der Waals surface area contributed by atoms with E-state index < -0.39 is 48.0 Å². The molecule has 0 bridgehead atoms. The number of rotatable bonds is 4. The smallest absolute Gasteiger partial charge is 0.375 e. The highest BCUT2D eigenvalue weighted by atomic mass is 32.2. The normalized spacial score (nSPS) is 13.5. The van der Waals surface area contributed by atoms with E-state index in [2.05, 4.69) is 4.18 Å². The third-order valence-electron chi connectivity index (χ3n) is 3.88. The molecular weight excluding hydrogens is 464 g/mol. The maximum absolute atomic E-state index is 12.8. The molecule has 1 heterocycles. The molecule has 0 aliphatic carbocycles. The Kier molecular flexibility index (Phi) is 5.05. The molecule has 14 heteroatoms. The van der Waals surface area contributed by atoms with E-state index in [0.29, 0.717) is 16.1 Å². The van der Waals surface area contributed by atoms with Crippen LogP contribution in [0, 0.1) is 0 Å². The van der Waals surface area contributed by atoms with E-state index in [1.807, 2.05) is 0 Å². The Morgan fingerprint density at radius 3 is 1.93 bits per heavy atom. The Morgan fingerprint density at radius 1 is 0.800 bits per heavy atom. The van der Waals surface area contributed by atoms with E-state index >= 15 is 0 Å². The Bertz CT molecular complexity index is 1310. The first-order valence-electron chi connectivity index (χ1n) is 7.68. The predicted octanol–water partition coefficient (Wildman–Crippen LogP) is 4.13. The fourth-order valence-electron chi connectivity index (χ4n) is 2.49. The lowest BCUT2D eigenvalue weighted by molar-refractivity contribution is -0.137. The van der Waals surface area contributed by atoms with Crippen molar-refractivity contribution in [2.75, 3.05) is 0 Å². The van der Waals surface area contributed by atoms with Gasteiger partial charge in [-0.05, 0) is 42.5 Å². The molecule has 162 valence electrons. The largest absolute Gasteiger partial charge is 0.534 e. The van der Waals surface area contributed by atoms with Crippen LogP contribution >= 0.6 is 0 Å². The molecule has 0 amide bonds. The molecule has 0 spiro atoms. The summed E-state index contributed by atoms with van der Waals surface area (Å²) in [5.74, 6) is -0.772. The SMILES string of the molecule is O=S(=O)(c1ccc(C(F)(F)F)cc1)n1ccc2c(OS(=O)(=O)C(F)(F)F)cccc21. The molecule has 0 unspecified atom stereocenters. The molecule has 2 aromatic carbocycles. The summed E-state index contributed by atoms with van der Waals surface area (Å²) in [4.78, 5) is -0.526. The van der Waals surface area contributed by atoms with E-state index in [1.165, 1.54) is 0 Å². The number of fused-ring (bicyclic) bond motifs is 1. The van der Waals surface area contributed by atoms with E-state index in [1.54, 1.807) is 0 Å². The van der Waals surface area contributed by atoms with Crippen LogP contribution in [-0.4, -0.2) is 26.3 Å². The monoisotopic (exact) mass is 473 g/mol. The summed E-state index contributed by atoms with van der Waals surface area (Å²) in [6.07, 6.45) is -3.77. The van der Waals surface area contributed by atoms with Gasteiger partial charge in [0.15, 0.2) is 5.75 Å². The van der Waals surface area contributed by atoms with Crippen LogP contribution in [0.2, 0.25) is 0 Å². The summed E-state index contributed by atoms with van der Waals surface area (Å²) in [5, 5.41) is -0.277. The van der Waals surface area contributed by atoms with Crippen LogP contribution in [0.4, 0.5) is 26.3 Å². The molecule has 0 atom stereocenters. The van der Waals surface area contributed by atoms with Crippen LogP contribution in [0.5, 0.6) is 5.75 Å². The van der Waals surface area contributed by atoms with Crippen LogP contribution in [0.3, 0.4) is 0 Å². The van der Waals surface area contributed by atoms with Gasteiger partial charge >= 0.3 is 21.8 Å². The van der Waals surface area contributed by atoms with Crippen molar-refractivity contribution >= 4 is 31.0 Å². The van der Waals surface area contributed by atoms with Crippen molar-refractivity contribution in [2.24, 2.45) is 0 Å². The highest BCUT2D eigenvalue weighted by Gasteiger charge is 2.48. The maximum Gasteiger partial charge on any atom is 0.534 e. The van der Waals surface area contributed by atoms with Gasteiger partial charge in [-0.3, -0.25) is 0 Å². The summed E-state index contributed by atoms with van der Waals surface area (Å²) >= 11 is 0. The second-order valence-electron chi connectivity index (χ2n) is 5.81. The molecule has 0 aliphatic heterocycles. The molecule has 0 aliphatic rings. The minimum atomic E-state index is -6.00. The second kappa shape index (κ2) is 6.91. The molecule has 0 saturated heterocycles. The number of benzene rings is 2. The Balaban J connectivity index is 2.08. The van der Waals surface area contributed by atoms with E-state index in [-0.39, 0.29) is 10.9 Å². The fraction of sp³-hybridized carbons (Fsp3) is 0.125. The van der Waals surface area contributed by atoms with Crippen molar-refractivity contribution in [1.82, 2.24) is 3.97 Å². The number of halogens is 6. The van der Waals surface area contributed by atoms with Crippen LogP contribution in [-0.2, 0) is 26.3 Å². The molecular formula is C16H9F6NO5S2. The molecule has 1 aromatic heterocycles. The van der Waals surface area contributed by atoms with Gasteiger partial charge < -0.3 is 4.18 Å². The first kappa shape index (κ1) is 22.0. The highest BCUT2D eigenvalue weighted by molar-refractivity contribution is 7.90. The average Bonchev–Trinajstić information content (AvgIpc) is 3.06. The quantitative estimate of drug-likeness (QED) is 0.323. The van der Waals surface area contributed by atoms with Gasteiger partial charge in [0.2, 0.25) is 0 Å². The molecule has 3 rings (SSSR count). The molecule has 3 aromatic rings. The van der Waals surface area contributed by atoms with Gasteiger partial charge in [0.05, 0.1) is 16.0 Å². The second-order valence-corrected chi connectivity index (χ2v) is 9.16. The molecule has 30 heavy (non-hydrogen) atoms. The summed E-state index contributed by atoms with van der Waals surface area (Å²) < 4.78 is 128. The van der Waals surface area contributed by atoms with Crippen LogP contribution in [0.1, 0.15) is 5.56 Å².